The Morgan fingerprint density at radius 3 is 2.72 bits per heavy atom. The Labute approximate surface area is 256 Å². The molecule has 3 aromatic carbocycles. The number of nitrogen functional groups attached to an aromatic ring is 1. The average molecular weight is 623 g/mol. The van der Waals surface area contributed by atoms with Crippen molar-refractivity contribution in [1.29, 1.82) is 0 Å². The Hall–Kier alpha value is -4.19. The van der Waals surface area contributed by atoms with Crippen LogP contribution in [0.2, 0.25) is 5.02 Å². The summed E-state index contributed by atoms with van der Waals surface area (Å²) < 4.78 is 33.2. The highest BCUT2D eigenvalue weighted by Gasteiger charge is 2.45. The Balaban J connectivity index is 1.61. The minimum Gasteiger partial charge on any atom is -0.492 e. The Bertz CT molecular complexity index is 1700. The number of amides is 1. The van der Waals surface area contributed by atoms with E-state index in [-0.39, 0.29) is 17.3 Å². The summed E-state index contributed by atoms with van der Waals surface area (Å²) >= 11 is 4.04. The fourth-order valence-electron chi connectivity index (χ4n) is 5.58. The number of hydrogen-bond donors (Lipinski definition) is 3. The standard InChI is InChI=1S/C31H31ClN4O6S/c1-3-42-25-17-19(8-11-24(25)32)27(35-20-9-10-21-18(16-20)12-14-34-29(21)33)30(37)36-15-13-23(31(38)41-2)28(36)22-6-4-5-7-26(22)43(39)40/h4-12,14,16-17,23,27-28,35H,3,13,15H2,1-2H3,(H2,33,34)(H,39,40)/t23-,27?,28-/m0/s1. The van der Waals surface area contributed by atoms with Gasteiger partial charge < -0.3 is 30.0 Å². The van der Waals surface area contributed by atoms with E-state index in [1.165, 1.54) is 13.2 Å². The van der Waals surface area contributed by atoms with E-state index in [2.05, 4.69) is 10.3 Å². The van der Waals surface area contributed by atoms with Gasteiger partial charge >= 0.3 is 5.97 Å². The lowest BCUT2D eigenvalue weighted by Crippen LogP contribution is -2.39. The molecule has 12 heteroatoms. The molecule has 1 fully saturated rings. The van der Waals surface area contributed by atoms with Gasteiger partial charge in [0.05, 0.1) is 35.6 Å². The summed E-state index contributed by atoms with van der Waals surface area (Å²) in [6.45, 7) is 2.43. The van der Waals surface area contributed by atoms with Gasteiger partial charge in [0, 0.05) is 23.8 Å². The zero-order valence-electron chi connectivity index (χ0n) is 23.5. The number of methoxy groups -OCH3 is 1. The molecule has 1 saturated heterocycles. The van der Waals surface area contributed by atoms with Gasteiger partial charge in [-0.2, -0.15) is 0 Å². The van der Waals surface area contributed by atoms with E-state index in [0.29, 0.717) is 46.4 Å². The molecular formula is C31H31ClN4O6S. The van der Waals surface area contributed by atoms with Crippen LogP contribution < -0.4 is 15.8 Å². The minimum absolute atomic E-state index is 0.122. The second kappa shape index (κ2) is 13.0. The Kier molecular flexibility index (Phi) is 9.14. The molecule has 1 aliphatic heterocycles. The molecule has 4 aromatic rings. The van der Waals surface area contributed by atoms with Crippen LogP contribution in [0.4, 0.5) is 11.5 Å². The fourth-order valence-corrected chi connectivity index (χ4v) is 6.34. The van der Waals surface area contributed by atoms with Crippen LogP contribution in [0.1, 0.15) is 36.6 Å². The number of carbonyl (C=O) groups is 2. The van der Waals surface area contributed by atoms with Crippen molar-refractivity contribution >= 4 is 56.8 Å². The minimum atomic E-state index is -2.35. The highest BCUT2D eigenvalue weighted by atomic mass is 35.5. The molecule has 4 atom stereocenters. The van der Waals surface area contributed by atoms with Gasteiger partial charge in [-0.25, -0.2) is 9.19 Å². The first kappa shape index (κ1) is 30.3. The number of carbonyl (C=O) groups excluding carboxylic acids is 2. The molecule has 1 aromatic heterocycles. The summed E-state index contributed by atoms with van der Waals surface area (Å²) in [7, 11) is 1.29. The van der Waals surface area contributed by atoms with Gasteiger partial charge in [0.25, 0.3) is 0 Å². The monoisotopic (exact) mass is 622 g/mol. The fraction of sp³-hybridized carbons (Fsp3) is 0.258. The van der Waals surface area contributed by atoms with Crippen LogP contribution in [0.15, 0.2) is 77.8 Å². The second-order valence-corrected chi connectivity index (χ2v) is 11.4. The maximum absolute atomic E-state index is 14.6. The number of benzene rings is 3. The number of nitrogens with zero attached hydrogens (tertiary/aromatic N) is 2. The molecule has 1 amide bonds. The zero-order valence-corrected chi connectivity index (χ0v) is 25.1. The highest BCUT2D eigenvalue weighted by Crippen LogP contribution is 2.42. The summed E-state index contributed by atoms with van der Waals surface area (Å²) in [4.78, 5) is 33.4. The first-order valence-electron chi connectivity index (χ1n) is 13.6. The number of hydrogen-bond acceptors (Lipinski definition) is 8. The van der Waals surface area contributed by atoms with Gasteiger partial charge in [-0.1, -0.05) is 35.9 Å². The maximum Gasteiger partial charge on any atom is 0.311 e. The van der Waals surface area contributed by atoms with Gasteiger partial charge in [-0.15, -0.1) is 0 Å². The average Bonchev–Trinajstić information content (AvgIpc) is 3.45. The Morgan fingerprint density at radius 2 is 1.98 bits per heavy atom. The van der Waals surface area contributed by atoms with Gasteiger partial charge in [0.1, 0.15) is 17.6 Å². The van der Waals surface area contributed by atoms with Crippen molar-refractivity contribution in [2.45, 2.75) is 30.3 Å². The largest absolute Gasteiger partial charge is 0.492 e. The summed E-state index contributed by atoms with van der Waals surface area (Å²) in [5, 5.41) is 5.37. The summed E-state index contributed by atoms with van der Waals surface area (Å²) in [6, 6.07) is 17.2. The number of rotatable bonds is 9. The van der Waals surface area contributed by atoms with Crippen LogP contribution in [-0.2, 0) is 25.4 Å². The van der Waals surface area contributed by atoms with E-state index in [9.17, 15) is 18.4 Å². The third-order valence-electron chi connectivity index (χ3n) is 7.55. The molecule has 0 bridgehead atoms. The van der Waals surface area contributed by atoms with E-state index >= 15 is 0 Å². The van der Waals surface area contributed by atoms with Gasteiger partial charge in [0.2, 0.25) is 5.91 Å². The smallest absolute Gasteiger partial charge is 0.311 e. The molecule has 0 saturated carbocycles. The first-order valence-corrected chi connectivity index (χ1v) is 15.1. The molecule has 224 valence electrons. The SMILES string of the molecule is CCOc1cc(C(Nc2ccc3c(N)nccc3c2)C(=O)N2CC[C@H](C(=O)OC)[C@@H]2c2ccccc2S(=O)O)ccc1Cl. The van der Waals surface area contributed by atoms with Crippen molar-refractivity contribution in [1.82, 2.24) is 9.88 Å². The number of aromatic nitrogens is 1. The molecule has 43 heavy (non-hydrogen) atoms. The number of esters is 1. The molecule has 0 aliphatic carbocycles. The number of anilines is 2. The number of nitrogens with one attached hydrogen (secondary N) is 1. The lowest BCUT2D eigenvalue weighted by Gasteiger charge is -2.32. The predicted molar refractivity (Wildman–Crippen MR) is 165 cm³/mol. The lowest BCUT2D eigenvalue weighted by molar-refractivity contribution is -0.147. The molecule has 10 nitrogen and oxygen atoms in total. The number of halogens is 1. The van der Waals surface area contributed by atoms with Crippen LogP contribution in [0, 0.1) is 5.92 Å². The normalized spacial score (nSPS) is 17.8. The predicted octanol–water partition coefficient (Wildman–Crippen LogP) is 5.37. The number of fused-ring (bicyclic) bond motifs is 1. The van der Waals surface area contributed by atoms with Crippen LogP contribution in [0.25, 0.3) is 10.8 Å². The van der Waals surface area contributed by atoms with E-state index in [4.69, 9.17) is 26.8 Å². The summed E-state index contributed by atoms with van der Waals surface area (Å²) in [5.41, 5.74) is 7.67. The number of pyridine rings is 1. The summed E-state index contributed by atoms with van der Waals surface area (Å²) in [6.07, 6.45) is 1.93. The van der Waals surface area contributed by atoms with Crippen LogP contribution in [-0.4, -0.2) is 50.8 Å². The third kappa shape index (κ3) is 6.15. The number of nitrogens with two attached hydrogens (primary N) is 1. The maximum atomic E-state index is 14.6. The van der Waals surface area contributed by atoms with Crippen LogP contribution in [0.3, 0.4) is 0 Å². The molecule has 0 radical (unpaired) electrons. The first-order chi connectivity index (χ1) is 20.7. The van der Waals surface area contributed by atoms with Crippen molar-refractivity contribution in [2.24, 2.45) is 5.92 Å². The van der Waals surface area contributed by atoms with Crippen molar-refractivity contribution in [3.8, 4) is 5.75 Å². The van der Waals surface area contributed by atoms with E-state index < -0.39 is 35.1 Å². The van der Waals surface area contributed by atoms with Crippen molar-refractivity contribution in [2.75, 3.05) is 31.3 Å². The van der Waals surface area contributed by atoms with Crippen molar-refractivity contribution in [3.05, 3.63) is 89.1 Å². The quantitative estimate of drug-likeness (QED) is 0.166. The topological polar surface area (TPSA) is 144 Å². The Morgan fingerprint density at radius 1 is 1.19 bits per heavy atom. The van der Waals surface area contributed by atoms with Gasteiger partial charge in [-0.3, -0.25) is 9.59 Å². The molecule has 2 heterocycles. The second-order valence-electron chi connectivity index (χ2n) is 10.0. The molecule has 1 aliphatic rings. The molecule has 0 spiro atoms. The van der Waals surface area contributed by atoms with E-state index in [0.717, 1.165) is 10.8 Å². The molecular weight excluding hydrogens is 592 g/mol. The summed E-state index contributed by atoms with van der Waals surface area (Å²) in [5.74, 6) is -0.780. The number of likely N-dealkylation sites (tertiary alicyclic amines) is 1. The lowest BCUT2D eigenvalue weighted by atomic mass is 9.93. The van der Waals surface area contributed by atoms with Crippen molar-refractivity contribution < 1.29 is 27.8 Å². The van der Waals surface area contributed by atoms with E-state index in [1.807, 2.05) is 31.2 Å². The van der Waals surface area contributed by atoms with Gasteiger partial charge in [0.15, 0.2) is 11.1 Å². The van der Waals surface area contributed by atoms with Crippen molar-refractivity contribution in [3.63, 3.8) is 0 Å². The third-order valence-corrected chi connectivity index (χ3v) is 8.61. The molecule has 4 N–H and O–H groups in total. The molecule has 2 unspecified atom stereocenters. The van der Waals surface area contributed by atoms with Crippen LogP contribution >= 0.6 is 11.6 Å². The van der Waals surface area contributed by atoms with Crippen LogP contribution in [0.5, 0.6) is 5.75 Å². The highest BCUT2D eigenvalue weighted by molar-refractivity contribution is 7.79. The zero-order chi connectivity index (χ0) is 30.7. The van der Waals surface area contributed by atoms with Gasteiger partial charge in [-0.05, 0) is 72.3 Å². The number of ether oxygens (including phenoxy) is 2. The molecule has 5 rings (SSSR count). The van der Waals surface area contributed by atoms with E-state index in [1.54, 1.807) is 47.5 Å².